The van der Waals surface area contributed by atoms with Crippen LogP contribution in [-0.4, -0.2) is 32.4 Å². The number of aryl methyl sites for hydroxylation is 1. The lowest BCUT2D eigenvalue weighted by Crippen LogP contribution is -2.12. The molecule has 7 heteroatoms. The summed E-state index contributed by atoms with van der Waals surface area (Å²) < 4.78 is 1.63. The number of benzene rings is 2. The van der Waals surface area contributed by atoms with E-state index in [2.05, 4.69) is 20.8 Å². The maximum atomic E-state index is 12.3. The molecular formula is C16H15N5OS. The summed E-state index contributed by atoms with van der Waals surface area (Å²) in [6, 6.07) is 14.8. The van der Waals surface area contributed by atoms with Crippen molar-refractivity contribution in [3.8, 4) is 5.69 Å². The van der Waals surface area contributed by atoms with Gasteiger partial charge in [-0.05, 0) is 53.9 Å². The van der Waals surface area contributed by atoms with Crippen LogP contribution < -0.4 is 5.32 Å². The molecule has 0 fully saturated rings. The van der Waals surface area contributed by atoms with Gasteiger partial charge in [0.05, 0.1) is 5.69 Å². The second-order valence-electron chi connectivity index (χ2n) is 4.95. The number of rotatable bonds is 4. The zero-order chi connectivity index (χ0) is 16.2. The maximum absolute atomic E-state index is 12.3. The molecule has 0 spiro atoms. The first-order chi connectivity index (χ1) is 11.2. The standard InChI is InChI=1S/C16H15N5OS/c1-11-6-8-12(9-7-11)15(22)17-13-4-3-5-14(10-13)21-16(23-2)18-19-20-21/h3-10H,1-2H3,(H,17,22). The molecule has 2 aromatic carbocycles. The largest absolute Gasteiger partial charge is 0.322 e. The third-order valence-electron chi connectivity index (χ3n) is 3.29. The Morgan fingerprint density at radius 2 is 1.96 bits per heavy atom. The molecule has 3 aromatic rings. The lowest BCUT2D eigenvalue weighted by Gasteiger charge is -2.08. The Morgan fingerprint density at radius 1 is 1.17 bits per heavy atom. The van der Waals surface area contributed by atoms with E-state index in [1.54, 1.807) is 4.68 Å². The van der Waals surface area contributed by atoms with E-state index < -0.39 is 0 Å². The van der Waals surface area contributed by atoms with Crippen LogP contribution in [0.1, 0.15) is 15.9 Å². The van der Waals surface area contributed by atoms with E-state index in [1.807, 2.05) is 61.7 Å². The van der Waals surface area contributed by atoms with E-state index in [0.29, 0.717) is 16.4 Å². The van der Waals surface area contributed by atoms with Crippen molar-refractivity contribution < 1.29 is 4.79 Å². The van der Waals surface area contributed by atoms with Crippen LogP contribution in [0.15, 0.2) is 53.7 Å². The number of anilines is 1. The lowest BCUT2D eigenvalue weighted by atomic mass is 10.1. The molecule has 0 radical (unpaired) electrons. The minimum atomic E-state index is -0.149. The summed E-state index contributed by atoms with van der Waals surface area (Å²) in [6.45, 7) is 1.99. The quantitative estimate of drug-likeness (QED) is 0.747. The number of carbonyl (C=O) groups is 1. The van der Waals surface area contributed by atoms with Crippen LogP contribution in [0.2, 0.25) is 0 Å². The van der Waals surface area contributed by atoms with Gasteiger partial charge in [0.25, 0.3) is 5.91 Å². The van der Waals surface area contributed by atoms with Crippen molar-refractivity contribution in [1.29, 1.82) is 0 Å². The molecule has 1 heterocycles. The molecule has 3 rings (SSSR count). The second kappa shape index (κ2) is 6.62. The summed E-state index contributed by atoms with van der Waals surface area (Å²) in [7, 11) is 0. The molecule has 0 saturated carbocycles. The van der Waals surface area contributed by atoms with E-state index in [0.717, 1.165) is 11.3 Å². The van der Waals surface area contributed by atoms with Gasteiger partial charge in [-0.3, -0.25) is 4.79 Å². The number of nitrogens with one attached hydrogen (secondary N) is 1. The molecule has 1 aromatic heterocycles. The molecule has 1 N–H and O–H groups in total. The highest BCUT2D eigenvalue weighted by Gasteiger charge is 2.09. The number of carbonyl (C=O) groups excluding carboxylic acids is 1. The summed E-state index contributed by atoms with van der Waals surface area (Å²) in [5, 5.41) is 15.1. The van der Waals surface area contributed by atoms with Crippen molar-refractivity contribution >= 4 is 23.4 Å². The highest BCUT2D eigenvalue weighted by Crippen LogP contribution is 2.19. The minimum absolute atomic E-state index is 0.149. The number of tetrazole rings is 1. The average molecular weight is 325 g/mol. The molecule has 6 nitrogen and oxygen atoms in total. The zero-order valence-corrected chi connectivity index (χ0v) is 13.5. The van der Waals surface area contributed by atoms with E-state index in [-0.39, 0.29) is 5.91 Å². The van der Waals surface area contributed by atoms with Gasteiger partial charge >= 0.3 is 0 Å². The first-order valence-electron chi connectivity index (χ1n) is 6.98. The van der Waals surface area contributed by atoms with Crippen molar-refractivity contribution in [2.45, 2.75) is 12.1 Å². The van der Waals surface area contributed by atoms with Crippen LogP contribution >= 0.6 is 11.8 Å². The molecule has 1 amide bonds. The third-order valence-corrected chi connectivity index (χ3v) is 3.91. The lowest BCUT2D eigenvalue weighted by molar-refractivity contribution is 0.102. The number of thioether (sulfide) groups is 1. The van der Waals surface area contributed by atoms with Crippen LogP contribution in [0.4, 0.5) is 5.69 Å². The SMILES string of the molecule is CSc1nnnn1-c1cccc(NC(=O)c2ccc(C)cc2)c1. The number of amides is 1. The van der Waals surface area contributed by atoms with Crippen LogP contribution in [0.5, 0.6) is 0 Å². The van der Waals surface area contributed by atoms with Gasteiger partial charge in [-0.25, -0.2) is 0 Å². The van der Waals surface area contributed by atoms with Gasteiger partial charge in [0.2, 0.25) is 5.16 Å². The molecular weight excluding hydrogens is 310 g/mol. The Labute approximate surface area is 137 Å². The number of nitrogens with zero attached hydrogens (tertiary/aromatic N) is 4. The molecule has 0 atom stereocenters. The second-order valence-corrected chi connectivity index (χ2v) is 5.72. The summed E-state index contributed by atoms with van der Waals surface area (Å²) in [4.78, 5) is 12.3. The van der Waals surface area contributed by atoms with Crippen LogP contribution in [0, 0.1) is 6.92 Å². The van der Waals surface area contributed by atoms with Crippen LogP contribution in [0.25, 0.3) is 5.69 Å². The zero-order valence-electron chi connectivity index (χ0n) is 12.7. The average Bonchev–Trinajstić information content (AvgIpc) is 3.04. The highest BCUT2D eigenvalue weighted by molar-refractivity contribution is 7.98. The Balaban J connectivity index is 1.83. The molecule has 0 aliphatic heterocycles. The predicted molar refractivity (Wildman–Crippen MR) is 90.1 cm³/mol. The van der Waals surface area contributed by atoms with Gasteiger partial charge < -0.3 is 5.32 Å². The Kier molecular flexibility index (Phi) is 4.38. The Bertz CT molecular complexity index is 828. The summed E-state index contributed by atoms with van der Waals surface area (Å²) in [5.41, 5.74) is 3.22. The van der Waals surface area contributed by atoms with Gasteiger partial charge in [0.1, 0.15) is 0 Å². The summed E-state index contributed by atoms with van der Waals surface area (Å²) in [6.07, 6.45) is 1.91. The van der Waals surface area contributed by atoms with E-state index >= 15 is 0 Å². The van der Waals surface area contributed by atoms with Crippen molar-refractivity contribution in [1.82, 2.24) is 20.2 Å². The fourth-order valence-corrected chi connectivity index (χ4v) is 2.52. The molecule has 23 heavy (non-hydrogen) atoms. The number of hydrogen-bond acceptors (Lipinski definition) is 5. The molecule has 0 unspecified atom stereocenters. The molecule has 0 bridgehead atoms. The Morgan fingerprint density at radius 3 is 2.70 bits per heavy atom. The predicted octanol–water partition coefficient (Wildman–Crippen LogP) is 2.94. The number of aromatic nitrogens is 4. The highest BCUT2D eigenvalue weighted by atomic mass is 32.2. The molecule has 116 valence electrons. The summed E-state index contributed by atoms with van der Waals surface area (Å²) >= 11 is 1.45. The van der Waals surface area contributed by atoms with E-state index in [4.69, 9.17) is 0 Å². The third kappa shape index (κ3) is 3.40. The van der Waals surface area contributed by atoms with Crippen molar-refractivity contribution in [3.63, 3.8) is 0 Å². The molecule has 0 saturated heterocycles. The van der Waals surface area contributed by atoms with Gasteiger partial charge in [0.15, 0.2) is 0 Å². The van der Waals surface area contributed by atoms with Crippen LogP contribution in [0.3, 0.4) is 0 Å². The number of hydrogen-bond donors (Lipinski definition) is 1. The van der Waals surface area contributed by atoms with Crippen molar-refractivity contribution in [2.75, 3.05) is 11.6 Å². The minimum Gasteiger partial charge on any atom is -0.322 e. The van der Waals surface area contributed by atoms with Gasteiger partial charge in [-0.2, -0.15) is 4.68 Å². The van der Waals surface area contributed by atoms with Crippen molar-refractivity contribution in [2.24, 2.45) is 0 Å². The summed E-state index contributed by atoms with van der Waals surface area (Å²) in [5.74, 6) is -0.149. The topological polar surface area (TPSA) is 72.7 Å². The van der Waals surface area contributed by atoms with Gasteiger partial charge in [-0.1, -0.05) is 35.5 Å². The molecule has 0 aliphatic rings. The molecule has 0 aliphatic carbocycles. The van der Waals surface area contributed by atoms with Gasteiger partial charge in [-0.15, -0.1) is 5.10 Å². The first kappa shape index (κ1) is 15.2. The van der Waals surface area contributed by atoms with Crippen LogP contribution in [-0.2, 0) is 0 Å². The Hall–Kier alpha value is -2.67. The fourth-order valence-electron chi connectivity index (χ4n) is 2.09. The smallest absolute Gasteiger partial charge is 0.255 e. The fraction of sp³-hybridized carbons (Fsp3) is 0.125. The van der Waals surface area contributed by atoms with E-state index in [9.17, 15) is 4.79 Å². The normalized spacial score (nSPS) is 10.5. The van der Waals surface area contributed by atoms with E-state index in [1.165, 1.54) is 11.8 Å². The van der Waals surface area contributed by atoms with Crippen molar-refractivity contribution in [3.05, 3.63) is 59.7 Å². The first-order valence-corrected chi connectivity index (χ1v) is 8.20. The monoisotopic (exact) mass is 325 g/mol. The van der Waals surface area contributed by atoms with Gasteiger partial charge in [0, 0.05) is 11.3 Å². The maximum Gasteiger partial charge on any atom is 0.255 e.